The van der Waals surface area contributed by atoms with E-state index < -0.39 is 4.92 Å². The SMILES string of the molecule is C/C(=N/NC(=O)Cc1ccc([N+](=O)[O-])cc1)[C@H]1C[C@H]2CC[C@H]1C2. The molecule has 2 aliphatic rings. The lowest BCUT2D eigenvalue weighted by molar-refractivity contribution is -0.384. The number of fused-ring (bicyclic) bond motifs is 2. The van der Waals surface area contributed by atoms with Crippen LogP contribution in [0.5, 0.6) is 0 Å². The highest BCUT2D eigenvalue weighted by atomic mass is 16.6. The van der Waals surface area contributed by atoms with Crippen molar-refractivity contribution in [3.8, 4) is 0 Å². The van der Waals surface area contributed by atoms with Gasteiger partial charge in [0.05, 0.1) is 11.3 Å². The molecule has 2 fully saturated rings. The number of carbonyl (C=O) groups is 1. The molecule has 0 radical (unpaired) electrons. The fourth-order valence-electron chi connectivity index (χ4n) is 3.95. The fourth-order valence-corrected chi connectivity index (χ4v) is 3.95. The summed E-state index contributed by atoms with van der Waals surface area (Å²) in [7, 11) is 0. The topological polar surface area (TPSA) is 84.6 Å². The molecular weight excluding hydrogens is 294 g/mol. The zero-order chi connectivity index (χ0) is 16.4. The van der Waals surface area contributed by atoms with Crippen LogP contribution in [0.1, 0.15) is 38.2 Å². The first-order valence-corrected chi connectivity index (χ1v) is 8.09. The number of benzene rings is 1. The van der Waals surface area contributed by atoms with Crippen molar-refractivity contribution in [2.24, 2.45) is 22.9 Å². The Morgan fingerprint density at radius 3 is 2.61 bits per heavy atom. The summed E-state index contributed by atoms with van der Waals surface area (Å²) in [6.45, 7) is 2.00. The van der Waals surface area contributed by atoms with E-state index in [9.17, 15) is 14.9 Å². The van der Waals surface area contributed by atoms with Gasteiger partial charge in [0.2, 0.25) is 5.91 Å². The Morgan fingerprint density at radius 1 is 1.30 bits per heavy atom. The molecule has 3 atom stereocenters. The third-order valence-electron chi connectivity index (χ3n) is 5.14. The van der Waals surface area contributed by atoms with Crippen molar-refractivity contribution in [1.29, 1.82) is 0 Å². The first kappa shape index (κ1) is 15.6. The molecule has 0 aromatic heterocycles. The lowest BCUT2D eigenvalue weighted by atomic mass is 9.86. The predicted octanol–water partition coefficient (Wildman–Crippen LogP) is 3.07. The van der Waals surface area contributed by atoms with Gasteiger partial charge in [-0.2, -0.15) is 5.10 Å². The minimum atomic E-state index is -0.452. The highest BCUT2D eigenvalue weighted by Gasteiger charge is 2.40. The number of non-ortho nitro benzene ring substituents is 1. The van der Waals surface area contributed by atoms with E-state index in [4.69, 9.17) is 0 Å². The normalized spacial score (nSPS) is 26.3. The van der Waals surface area contributed by atoms with Crippen LogP contribution in [-0.4, -0.2) is 16.5 Å². The average molecular weight is 315 g/mol. The zero-order valence-corrected chi connectivity index (χ0v) is 13.2. The summed E-state index contributed by atoms with van der Waals surface area (Å²) in [4.78, 5) is 22.1. The van der Waals surface area contributed by atoms with Crippen LogP contribution in [0.3, 0.4) is 0 Å². The first-order chi connectivity index (χ1) is 11.0. The van der Waals surface area contributed by atoms with Crippen LogP contribution >= 0.6 is 0 Å². The molecule has 0 aliphatic heterocycles. The molecule has 1 aromatic rings. The number of hydrazone groups is 1. The molecule has 3 rings (SSSR count). The van der Waals surface area contributed by atoms with Crippen molar-refractivity contribution in [3.63, 3.8) is 0 Å². The van der Waals surface area contributed by atoms with E-state index in [-0.39, 0.29) is 18.0 Å². The van der Waals surface area contributed by atoms with E-state index in [0.717, 1.165) is 23.1 Å². The van der Waals surface area contributed by atoms with E-state index >= 15 is 0 Å². The van der Waals surface area contributed by atoms with Crippen molar-refractivity contribution in [2.45, 2.75) is 39.0 Å². The van der Waals surface area contributed by atoms with Crippen LogP contribution in [-0.2, 0) is 11.2 Å². The van der Waals surface area contributed by atoms with Gasteiger partial charge in [0.15, 0.2) is 0 Å². The second kappa shape index (κ2) is 6.48. The Morgan fingerprint density at radius 2 is 2.04 bits per heavy atom. The van der Waals surface area contributed by atoms with Crippen LogP contribution in [0.25, 0.3) is 0 Å². The summed E-state index contributed by atoms with van der Waals surface area (Å²) >= 11 is 0. The summed E-state index contributed by atoms with van der Waals surface area (Å²) in [5.41, 5.74) is 4.41. The highest BCUT2D eigenvalue weighted by molar-refractivity contribution is 5.87. The molecule has 2 bridgehead atoms. The number of nitro groups is 1. The van der Waals surface area contributed by atoms with E-state index in [2.05, 4.69) is 10.5 Å². The minimum absolute atomic E-state index is 0.0271. The molecule has 1 aromatic carbocycles. The smallest absolute Gasteiger partial charge is 0.269 e. The molecule has 0 spiro atoms. The first-order valence-electron chi connectivity index (χ1n) is 8.09. The third kappa shape index (κ3) is 3.57. The van der Waals surface area contributed by atoms with Crippen LogP contribution in [0.2, 0.25) is 0 Å². The summed E-state index contributed by atoms with van der Waals surface area (Å²) in [5, 5.41) is 14.9. The molecule has 23 heavy (non-hydrogen) atoms. The van der Waals surface area contributed by atoms with Gasteiger partial charge in [-0.3, -0.25) is 14.9 Å². The molecular formula is C17H21N3O3. The van der Waals surface area contributed by atoms with Gasteiger partial charge < -0.3 is 0 Å². The number of nitrogens with one attached hydrogen (secondary N) is 1. The number of nitrogens with zero attached hydrogens (tertiary/aromatic N) is 2. The minimum Gasteiger partial charge on any atom is -0.273 e. The van der Waals surface area contributed by atoms with Gasteiger partial charge in [-0.05, 0) is 43.6 Å². The predicted molar refractivity (Wildman–Crippen MR) is 87.0 cm³/mol. The third-order valence-corrected chi connectivity index (χ3v) is 5.14. The summed E-state index contributed by atoms with van der Waals surface area (Å²) in [5.74, 6) is 1.93. The molecule has 122 valence electrons. The molecule has 0 unspecified atom stereocenters. The lowest BCUT2D eigenvalue weighted by Gasteiger charge is -2.21. The molecule has 1 amide bonds. The van der Waals surface area contributed by atoms with Crippen molar-refractivity contribution >= 4 is 17.3 Å². The molecule has 6 heteroatoms. The maximum Gasteiger partial charge on any atom is 0.269 e. The number of carbonyl (C=O) groups excluding carboxylic acids is 1. The maximum absolute atomic E-state index is 12.0. The largest absolute Gasteiger partial charge is 0.273 e. The Kier molecular flexibility index (Phi) is 4.41. The number of amides is 1. The number of hydrogen-bond acceptors (Lipinski definition) is 4. The Hall–Kier alpha value is -2.24. The van der Waals surface area contributed by atoms with Gasteiger partial charge in [-0.15, -0.1) is 0 Å². The second-order valence-corrected chi connectivity index (χ2v) is 6.67. The van der Waals surface area contributed by atoms with Gasteiger partial charge in [0.1, 0.15) is 0 Å². The van der Waals surface area contributed by atoms with Crippen molar-refractivity contribution in [2.75, 3.05) is 0 Å². The Labute approximate surface area is 135 Å². The van der Waals surface area contributed by atoms with Gasteiger partial charge in [-0.1, -0.05) is 18.6 Å². The van der Waals surface area contributed by atoms with Crippen molar-refractivity contribution < 1.29 is 9.72 Å². The average Bonchev–Trinajstić information content (AvgIpc) is 3.16. The van der Waals surface area contributed by atoms with Gasteiger partial charge in [0.25, 0.3) is 5.69 Å². The number of hydrogen-bond donors (Lipinski definition) is 1. The molecule has 2 aliphatic carbocycles. The summed E-state index contributed by atoms with van der Waals surface area (Å²) in [6, 6.07) is 6.02. The van der Waals surface area contributed by atoms with E-state index in [1.54, 1.807) is 12.1 Å². The fraction of sp³-hybridized carbons (Fsp3) is 0.529. The van der Waals surface area contributed by atoms with E-state index in [0.29, 0.717) is 5.92 Å². The zero-order valence-electron chi connectivity index (χ0n) is 13.2. The lowest BCUT2D eigenvalue weighted by Crippen LogP contribution is -2.25. The molecule has 6 nitrogen and oxygen atoms in total. The molecule has 0 saturated heterocycles. The summed E-state index contributed by atoms with van der Waals surface area (Å²) < 4.78 is 0. The second-order valence-electron chi connectivity index (χ2n) is 6.67. The maximum atomic E-state index is 12.0. The van der Waals surface area contributed by atoms with Crippen LogP contribution in [0.4, 0.5) is 5.69 Å². The van der Waals surface area contributed by atoms with Crippen molar-refractivity contribution in [3.05, 3.63) is 39.9 Å². The summed E-state index contributed by atoms with van der Waals surface area (Å²) in [6.07, 6.45) is 5.33. The monoisotopic (exact) mass is 315 g/mol. The quantitative estimate of drug-likeness (QED) is 0.515. The van der Waals surface area contributed by atoms with Crippen LogP contribution in [0.15, 0.2) is 29.4 Å². The van der Waals surface area contributed by atoms with Crippen LogP contribution in [0, 0.1) is 27.9 Å². The number of nitro benzene ring substituents is 1. The van der Waals surface area contributed by atoms with Crippen LogP contribution < -0.4 is 5.43 Å². The van der Waals surface area contributed by atoms with Gasteiger partial charge in [-0.25, -0.2) is 5.43 Å². The van der Waals surface area contributed by atoms with Crippen molar-refractivity contribution in [1.82, 2.24) is 5.43 Å². The Balaban J connectivity index is 1.53. The van der Waals surface area contributed by atoms with Gasteiger partial charge >= 0.3 is 0 Å². The van der Waals surface area contributed by atoms with E-state index in [1.165, 1.54) is 37.8 Å². The Bertz CT molecular complexity index is 639. The molecule has 0 heterocycles. The van der Waals surface area contributed by atoms with Gasteiger partial charge in [0, 0.05) is 23.8 Å². The van der Waals surface area contributed by atoms with E-state index in [1.807, 2.05) is 6.92 Å². The molecule has 2 saturated carbocycles. The highest BCUT2D eigenvalue weighted by Crippen LogP contribution is 2.48. The molecule has 1 N–H and O–H groups in total. The number of rotatable bonds is 5. The standard InChI is InChI=1S/C17H21N3O3/c1-11(16-9-13-2-5-14(16)8-13)18-19-17(21)10-12-3-6-15(7-4-12)20(22)23/h3-4,6-7,13-14,16H,2,5,8-10H2,1H3,(H,19,21)/b18-11-/t13-,14-,16+/m0/s1.